The first-order chi connectivity index (χ1) is 11.2. The topological polar surface area (TPSA) is 62.3 Å². The highest BCUT2D eigenvalue weighted by molar-refractivity contribution is 5.89. The van der Waals surface area contributed by atoms with Crippen LogP contribution in [0.1, 0.15) is 37.7 Å². The van der Waals surface area contributed by atoms with Gasteiger partial charge in [-0.15, -0.1) is 0 Å². The lowest BCUT2D eigenvalue weighted by atomic mass is 9.94. The second kappa shape index (κ2) is 5.95. The third kappa shape index (κ3) is 2.84. The third-order valence-electron chi connectivity index (χ3n) is 5.82. The third-order valence-corrected chi connectivity index (χ3v) is 5.82. The van der Waals surface area contributed by atoms with Gasteiger partial charge in [-0.1, -0.05) is 12.5 Å². The first kappa shape index (κ1) is 14.7. The molecular formula is C18H23N3O2. The summed E-state index contributed by atoms with van der Waals surface area (Å²) < 4.78 is 0. The Morgan fingerprint density at radius 3 is 2.96 bits per heavy atom. The van der Waals surface area contributed by atoms with Crippen LogP contribution in [0.2, 0.25) is 0 Å². The number of carbonyl (C=O) groups excluding carboxylic acids is 2. The van der Waals surface area contributed by atoms with E-state index < -0.39 is 0 Å². The van der Waals surface area contributed by atoms with Crippen molar-refractivity contribution >= 4 is 11.8 Å². The molecule has 0 aromatic carbocycles. The van der Waals surface area contributed by atoms with Gasteiger partial charge < -0.3 is 10.2 Å². The van der Waals surface area contributed by atoms with E-state index in [0.29, 0.717) is 31.5 Å². The zero-order valence-corrected chi connectivity index (χ0v) is 13.3. The van der Waals surface area contributed by atoms with Crippen LogP contribution in [0.15, 0.2) is 24.5 Å². The molecule has 23 heavy (non-hydrogen) atoms. The number of nitrogens with one attached hydrogen (secondary N) is 1. The van der Waals surface area contributed by atoms with Crippen LogP contribution in [0.25, 0.3) is 0 Å². The summed E-state index contributed by atoms with van der Waals surface area (Å²) in [6.07, 6.45) is 8.87. The normalized spacial score (nSPS) is 32.5. The number of aromatic nitrogens is 1. The summed E-state index contributed by atoms with van der Waals surface area (Å²) >= 11 is 0. The summed E-state index contributed by atoms with van der Waals surface area (Å²) in [5.41, 5.74) is 0.982. The predicted molar refractivity (Wildman–Crippen MR) is 85.1 cm³/mol. The van der Waals surface area contributed by atoms with Crippen LogP contribution in [-0.2, 0) is 16.1 Å². The Morgan fingerprint density at radius 2 is 2.26 bits per heavy atom. The molecule has 5 heteroatoms. The van der Waals surface area contributed by atoms with Crippen molar-refractivity contribution in [1.82, 2.24) is 15.2 Å². The lowest BCUT2D eigenvalue weighted by molar-refractivity contribution is -0.131. The van der Waals surface area contributed by atoms with Crippen LogP contribution in [0, 0.1) is 17.8 Å². The molecule has 0 radical (unpaired) electrons. The van der Waals surface area contributed by atoms with Crippen molar-refractivity contribution in [1.29, 1.82) is 0 Å². The minimum Gasteiger partial charge on any atom is -0.352 e. The van der Waals surface area contributed by atoms with Crippen molar-refractivity contribution in [2.45, 2.75) is 44.7 Å². The number of hydrogen-bond donors (Lipinski definition) is 1. The van der Waals surface area contributed by atoms with Gasteiger partial charge in [0.15, 0.2) is 0 Å². The van der Waals surface area contributed by atoms with Crippen molar-refractivity contribution in [2.24, 2.45) is 17.8 Å². The van der Waals surface area contributed by atoms with Crippen LogP contribution in [0.4, 0.5) is 0 Å². The van der Waals surface area contributed by atoms with Crippen LogP contribution in [0.3, 0.4) is 0 Å². The molecule has 0 spiro atoms. The van der Waals surface area contributed by atoms with E-state index in [2.05, 4.69) is 10.3 Å². The summed E-state index contributed by atoms with van der Waals surface area (Å²) in [4.78, 5) is 30.8. The van der Waals surface area contributed by atoms with E-state index in [4.69, 9.17) is 0 Å². The van der Waals surface area contributed by atoms with E-state index in [1.807, 2.05) is 17.0 Å². The molecule has 1 aliphatic heterocycles. The minimum absolute atomic E-state index is 0.00661. The van der Waals surface area contributed by atoms with E-state index in [9.17, 15) is 9.59 Å². The fourth-order valence-corrected chi connectivity index (χ4v) is 4.66. The first-order valence-electron chi connectivity index (χ1n) is 8.67. The molecule has 0 unspecified atom stereocenters. The van der Waals surface area contributed by atoms with Gasteiger partial charge in [-0.3, -0.25) is 14.6 Å². The fraction of sp³-hybridized carbons (Fsp3) is 0.611. The molecular weight excluding hydrogens is 290 g/mol. The quantitative estimate of drug-likeness (QED) is 0.921. The average molecular weight is 313 g/mol. The smallest absolute Gasteiger partial charge is 0.225 e. The zero-order chi connectivity index (χ0) is 15.8. The maximum Gasteiger partial charge on any atom is 0.225 e. The SMILES string of the molecule is O=C(NCc1cccnc1)[C@H]1CC(=O)N([C@@H]2C[C@H]3CC[C@H]2C3)C1. The summed E-state index contributed by atoms with van der Waals surface area (Å²) in [5.74, 6) is 1.47. The number of nitrogens with zero attached hydrogens (tertiary/aromatic N) is 2. The van der Waals surface area contributed by atoms with E-state index in [1.165, 1.54) is 19.3 Å². The molecule has 2 heterocycles. The Kier molecular flexibility index (Phi) is 3.79. The highest BCUT2D eigenvalue weighted by Gasteiger charge is 2.47. The first-order valence-corrected chi connectivity index (χ1v) is 8.67. The van der Waals surface area contributed by atoms with Gasteiger partial charge in [-0.2, -0.15) is 0 Å². The van der Waals surface area contributed by atoms with Gasteiger partial charge in [-0.05, 0) is 42.7 Å². The Bertz CT molecular complexity index is 604. The number of rotatable bonds is 4. The Hall–Kier alpha value is -1.91. The zero-order valence-electron chi connectivity index (χ0n) is 13.3. The molecule has 1 aromatic rings. The Labute approximate surface area is 136 Å². The summed E-state index contributed by atoms with van der Waals surface area (Å²) in [6, 6.07) is 4.20. The van der Waals surface area contributed by atoms with Crippen molar-refractivity contribution < 1.29 is 9.59 Å². The molecule has 4 atom stereocenters. The van der Waals surface area contributed by atoms with Crippen molar-refractivity contribution in [3.63, 3.8) is 0 Å². The van der Waals surface area contributed by atoms with Crippen molar-refractivity contribution in [3.05, 3.63) is 30.1 Å². The Balaban J connectivity index is 1.33. The number of amides is 2. The van der Waals surface area contributed by atoms with E-state index in [0.717, 1.165) is 17.9 Å². The molecule has 2 aliphatic carbocycles. The van der Waals surface area contributed by atoms with Gasteiger partial charge in [-0.25, -0.2) is 0 Å². The van der Waals surface area contributed by atoms with E-state index in [1.54, 1.807) is 12.4 Å². The monoisotopic (exact) mass is 313 g/mol. The molecule has 2 bridgehead atoms. The molecule has 122 valence electrons. The van der Waals surface area contributed by atoms with Crippen LogP contribution >= 0.6 is 0 Å². The second-order valence-corrected chi connectivity index (χ2v) is 7.27. The lowest BCUT2D eigenvalue weighted by Crippen LogP contribution is -2.41. The predicted octanol–water partition coefficient (Wildman–Crippen LogP) is 1.73. The molecule has 1 saturated heterocycles. The molecule has 1 N–H and O–H groups in total. The van der Waals surface area contributed by atoms with E-state index in [-0.39, 0.29) is 17.7 Å². The van der Waals surface area contributed by atoms with Crippen LogP contribution < -0.4 is 5.32 Å². The molecule has 2 saturated carbocycles. The molecule has 3 aliphatic rings. The molecule has 4 rings (SSSR count). The van der Waals surface area contributed by atoms with Gasteiger partial charge in [0, 0.05) is 37.9 Å². The van der Waals surface area contributed by atoms with Crippen LogP contribution in [0.5, 0.6) is 0 Å². The summed E-state index contributed by atoms with van der Waals surface area (Å²) in [7, 11) is 0. The minimum atomic E-state index is -0.196. The highest BCUT2D eigenvalue weighted by atomic mass is 16.2. The van der Waals surface area contributed by atoms with E-state index >= 15 is 0 Å². The number of carbonyl (C=O) groups is 2. The average Bonchev–Trinajstić information content (AvgIpc) is 3.28. The molecule has 1 aromatic heterocycles. The molecule has 2 amide bonds. The standard InChI is InChI=1S/C18H23N3O2/c22-17-8-15(18(23)20-10-13-2-1-5-19-9-13)11-21(17)16-7-12-3-4-14(16)6-12/h1-2,5,9,12,14-16H,3-4,6-8,10-11H2,(H,20,23)/t12-,14-,15-,16+/m0/s1. The number of fused-ring (bicyclic) bond motifs is 2. The second-order valence-electron chi connectivity index (χ2n) is 7.27. The summed E-state index contributed by atoms with van der Waals surface area (Å²) in [5, 5.41) is 2.95. The van der Waals surface area contributed by atoms with Gasteiger partial charge >= 0.3 is 0 Å². The maximum absolute atomic E-state index is 12.4. The van der Waals surface area contributed by atoms with Gasteiger partial charge in [0.25, 0.3) is 0 Å². The fourth-order valence-electron chi connectivity index (χ4n) is 4.66. The van der Waals surface area contributed by atoms with Gasteiger partial charge in [0.2, 0.25) is 11.8 Å². The number of hydrogen-bond acceptors (Lipinski definition) is 3. The van der Waals surface area contributed by atoms with Crippen molar-refractivity contribution in [3.8, 4) is 0 Å². The highest BCUT2D eigenvalue weighted by Crippen LogP contribution is 2.47. The van der Waals surface area contributed by atoms with Crippen molar-refractivity contribution in [2.75, 3.05) is 6.54 Å². The molecule has 5 nitrogen and oxygen atoms in total. The molecule has 3 fully saturated rings. The Morgan fingerprint density at radius 1 is 1.35 bits per heavy atom. The van der Waals surface area contributed by atoms with Gasteiger partial charge in [0.1, 0.15) is 0 Å². The largest absolute Gasteiger partial charge is 0.352 e. The van der Waals surface area contributed by atoms with Gasteiger partial charge in [0.05, 0.1) is 5.92 Å². The lowest BCUT2D eigenvalue weighted by Gasteiger charge is -2.31. The number of likely N-dealkylation sites (tertiary alicyclic amines) is 1. The maximum atomic E-state index is 12.4. The van der Waals surface area contributed by atoms with Crippen LogP contribution in [-0.4, -0.2) is 34.3 Å². The number of pyridine rings is 1. The summed E-state index contributed by atoms with van der Waals surface area (Å²) in [6.45, 7) is 1.08.